The zero-order valence-electron chi connectivity index (χ0n) is 8.02. The third kappa shape index (κ3) is 2.18. The Kier molecular flexibility index (Phi) is 3.02. The highest BCUT2D eigenvalue weighted by molar-refractivity contribution is 6.46. The minimum Gasteiger partial charge on any atom is -0.390 e. The van der Waals surface area contributed by atoms with E-state index in [-0.39, 0.29) is 11.9 Å². The highest BCUT2D eigenvalue weighted by Gasteiger charge is 2.25. The predicted octanol–water partition coefficient (Wildman–Crippen LogP) is 2.25. The topological polar surface area (TPSA) is 38.7 Å². The molecule has 0 radical (unpaired) electrons. The van der Waals surface area contributed by atoms with Gasteiger partial charge in [-0.1, -0.05) is 35.5 Å². The van der Waals surface area contributed by atoms with Crippen molar-refractivity contribution >= 4 is 23.1 Å². The van der Waals surface area contributed by atoms with Gasteiger partial charge in [-0.15, -0.1) is 11.6 Å². The quantitative estimate of drug-likeness (QED) is 0.582. The molecule has 1 aliphatic heterocycles. The van der Waals surface area contributed by atoms with E-state index in [9.17, 15) is 4.79 Å². The summed E-state index contributed by atoms with van der Waals surface area (Å²) in [5.74, 6) is 0.276. The minimum atomic E-state index is -0.158. The van der Waals surface area contributed by atoms with Crippen molar-refractivity contribution in [1.29, 1.82) is 0 Å². The van der Waals surface area contributed by atoms with Crippen LogP contribution in [0.4, 0.5) is 0 Å². The number of carbonyl (C=O) groups excluding carboxylic acids is 1. The van der Waals surface area contributed by atoms with Crippen LogP contribution in [-0.2, 0) is 4.84 Å². The molecule has 0 aromatic heterocycles. The zero-order chi connectivity index (χ0) is 10.7. The summed E-state index contributed by atoms with van der Waals surface area (Å²) in [4.78, 5) is 16.8. The van der Waals surface area contributed by atoms with E-state index >= 15 is 0 Å². The number of rotatable bonds is 3. The lowest BCUT2D eigenvalue weighted by atomic mass is 10.0. The molecule has 0 N–H and O–H groups in total. The van der Waals surface area contributed by atoms with Crippen LogP contribution in [0.1, 0.15) is 16.8 Å². The molecule has 1 atom stereocenters. The van der Waals surface area contributed by atoms with Crippen LogP contribution < -0.4 is 0 Å². The number of benzene rings is 1. The van der Waals surface area contributed by atoms with Crippen molar-refractivity contribution in [3.05, 3.63) is 35.9 Å². The summed E-state index contributed by atoms with van der Waals surface area (Å²) >= 11 is 5.61. The van der Waals surface area contributed by atoms with E-state index in [4.69, 9.17) is 16.4 Å². The molecule has 0 saturated carbocycles. The van der Waals surface area contributed by atoms with Crippen LogP contribution in [0.5, 0.6) is 0 Å². The van der Waals surface area contributed by atoms with Crippen LogP contribution in [0.15, 0.2) is 35.5 Å². The molecule has 2 rings (SSSR count). The lowest BCUT2D eigenvalue weighted by Crippen LogP contribution is -2.16. The van der Waals surface area contributed by atoms with Gasteiger partial charge in [-0.3, -0.25) is 4.79 Å². The average molecular weight is 224 g/mol. The van der Waals surface area contributed by atoms with Crippen LogP contribution in [0.25, 0.3) is 0 Å². The van der Waals surface area contributed by atoms with Crippen molar-refractivity contribution in [3.8, 4) is 0 Å². The molecule has 3 nitrogen and oxygen atoms in total. The summed E-state index contributed by atoms with van der Waals surface area (Å²) in [7, 11) is 0. The third-order valence-corrected chi connectivity index (χ3v) is 2.55. The lowest BCUT2D eigenvalue weighted by molar-refractivity contribution is 0.101. The van der Waals surface area contributed by atoms with Crippen molar-refractivity contribution in [1.82, 2.24) is 0 Å². The molecule has 1 heterocycles. The molecule has 1 aliphatic rings. The van der Waals surface area contributed by atoms with E-state index in [1.807, 2.05) is 18.2 Å². The van der Waals surface area contributed by atoms with E-state index in [0.717, 1.165) is 0 Å². The van der Waals surface area contributed by atoms with Crippen molar-refractivity contribution in [2.75, 3.05) is 5.88 Å². The average Bonchev–Trinajstić information content (AvgIpc) is 2.78. The molecule has 0 spiro atoms. The number of halogens is 1. The maximum atomic E-state index is 11.9. The summed E-state index contributed by atoms with van der Waals surface area (Å²) in [6.45, 7) is 0. The zero-order valence-corrected chi connectivity index (χ0v) is 8.78. The second kappa shape index (κ2) is 4.45. The summed E-state index contributed by atoms with van der Waals surface area (Å²) in [5, 5.41) is 3.75. The van der Waals surface area contributed by atoms with Gasteiger partial charge in [0.2, 0.25) is 5.78 Å². The molecule has 0 saturated heterocycles. The maximum Gasteiger partial charge on any atom is 0.210 e. The van der Waals surface area contributed by atoms with Crippen molar-refractivity contribution in [2.24, 2.45) is 5.16 Å². The van der Waals surface area contributed by atoms with Crippen molar-refractivity contribution in [3.63, 3.8) is 0 Å². The molecular formula is C11H10ClNO2. The Morgan fingerprint density at radius 3 is 2.80 bits per heavy atom. The number of nitrogens with zero attached hydrogens (tertiary/aromatic N) is 1. The van der Waals surface area contributed by atoms with E-state index in [1.165, 1.54) is 0 Å². The Morgan fingerprint density at radius 1 is 1.47 bits per heavy atom. The molecule has 0 aliphatic carbocycles. The second-order valence-electron chi connectivity index (χ2n) is 3.32. The van der Waals surface area contributed by atoms with E-state index in [0.29, 0.717) is 23.6 Å². The van der Waals surface area contributed by atoms with Crippen LogP contribution in [0, 0.1) is 0 Å². The summed E-state index contributed by atoms with van der Waals surface area (Å²) in [6.07, 6.45) is 0.339. The number of oxime groups is 1. The Morgan fingerprint density at radius 2 is 2.20 bits per heavy atom. The van der Waals surface area contributed by atoms with Gasteiger partial charge in [-0.25, -0.2) is 0 Å². The first kappa shape index (κ1) is 10.2. The smallest absolute Gasteiger partial charge is 0.210 e. The second-order valence-corrected chi connectivity index (χ2v) is 3.63. The normalized spacial score (nSPS) is 19.5. The molecule has 1 aromatic rings. The van der Waals surface area contributed by atoms with Crippen LogP contribution >= 0.6 is 11.6 Å². The van der Waals surface area contributed by atoms with Gasteiger partial charge in [-0.05, 0) is 0 Å². The lowest BCUT2D eigenvalue weighted by Gasteiger charge is -2.00. The van der Waals surface area contributed by atoms with Gasteiger partial charge in [0.15, 0.2) is 0 Å². The molecule has 78 valence electrons. The third-order valence-electron chi connectivity index (χ3n) is 2.20. The molecule has 0 bridgehead atoms. The van der Waals surface area contributed by atoms with Gasteiger partial charge in [0.05, 0.1) is 5.88 Å². The highest BCUT2D eigenvalue weighted by Crippen LogP contribution is 2.15. The SMILES string of the molecule is O=C(C1=NO[C@H](CCl)C1)c1ccccc1. The molecule has 4 heteroatoms. The molecule has 15 heavy (non-hydrogen) atoms. The number of carbonyl (C=O) groups is 1. The number of ketones is 1. The fourth-order valence-electron chi connectivity index (χ4n) is 1.40. The van der Waals surface area contributed by atoms with Crippen molar-refractivity contribution < 1.29 is 9.63 Å². The summed E-state index contributed by atoms with van der Waals surface area (Å²) in [6, 6.07) is 9.04. The largest absolute Gasteiger partial charge is 0.390 e. The highest BCUT2D eigenvalue weighted by atomic mass is 35.5. The fourth-order valence-corrected chi connectivity index (χ4v) is 1.57. The Labute approximate surface area is 92.7 Å². The van der Waals surface area contributed by atoms with E-state index in [2.05, 4.69) is 5.16 Å². The van der Waals surface area contributed by atoms with E-state index < -0.39 is 0 Å². The first-order valence-corrected chi connectivity index (χ1v) is 5.23. The number of alkyl halides is 1. The van der Waals surface area contributed by atoms with Gasteiger partial charge < -0.3 is 4.84 Å². The van der Waals surface area contributed by atoms with Gasteiger partial charge in [-0.2, -0.15) is 0 Å². The molecule has 1 aromatic carbocycles. The van der Waals surface area contributed by atoms with Crippen LogP contribution in [-0.4, -0.2) is 23.5 Å². The van der Waals surface area contributed by atoms with Gasteiger partial charge in [0.1, 0.15) is 11.8 Å². The summed E-state index contributed by atoms with van der Waals surface area (Å²) < 4.78 is 0. The number of Topliss-reactive ketones (excluding diaryl/α,β-unsaturated/α-hetero) is 1. The maximum absolute atomic E-state index is 11.9. The van der Waals surface area contributed by atoms with Crippen molar-refractivity contribution in [2.45, 2.75) is 12.5 Å². The fraction of sp³-hybridized carbons (Fsp3) is 0.273. The van der Waals surface area contributed by atoms with Gasteiger partial charge >= 0.3 is 0 Å². The van der Waals surface area contributed by atoms with Crippen LogP contribution in [0.2, 0.25) is 0 Å². The van der Waals surface area contributed by atoms with Crippen LogP contribution in [0.3, 0.4) is 0 Å². The molecule has 0 unspecified atom stereocenters. The standard InChI is InChI=1S/C11H10ClNO2/c12-7-9-6-10(13-15-9)11(14)8-4-2-1-3-5-8/h1-5,9H,6-7H2/t9-/m0/s1. The summed E-state index contributed by atoms with van der Waals surface area (Å²) in [5.41, 5.74) is 1.09. The van der Waals surface area contributed by atoms with Gasteiger partial charge in [0, 0.05) is 12.0 Å². The Hall–Kier alpha value is -1.35. The molecule has 0 amide bonds. The first-order valence-electron chi connectivity index (χ1n) is 4.69. The predicted molar refractivity (Wildman–Crippen MR) is 58.4 cm³/mol. The first-order chi connectivity index (χ1) is 7.31. The molecule has 0 fully saturated rings. The number of hydrogen-bond acceptors (Lipinski definition) is 3. The Balaban J connectivity index is 2.11. The number of hydrogen-bond donors (Lipinski definition) is 0. The van der Waals surface area contributed by atoms with E-state index in [1.54, 1.807) is 12.1 Å². The minimum absolute atomic E-state index is 0.0804. The Bertz CT molecular complexity index is 389. The monoisotopic (exact) mass is 223 g/mol. The molecular weight excluding hydrogens is 214 g/mol. The van der Waals surface area contributed by atoms with Gasteiger partial charge in [0.25, 0.3) is 0 Å².